The predicted molar refractivity (Wildman–Crippen MR) is 94.7 cm³/mol. The number of carbonyl (C=O) groups excluding carboxylic acids is 2. The lowest BCUT2D eigenvalue weighted by molar-refractivity contribution is -0.174. The topological polar surface area (TPSA) is 46.2 Å². The van der Waals surface area contributed by atoms with Crippen molar-refractivity contribution in [3.05, 3.63) is 11.6 Å². The second-order valence-corrected chi connectivity index (χ2v) is 9.59. The van der Waals surface area contributed by atoms with Gasteiger partial charge in [-0.2, -0.15) is 13.2 Å². The van der Waals surface area contributed by atoms with Gasteiger partial charge in [0.05, 0.1) is 0 Å². The number of carbonyl (C=O) groups is 2. The summed E-state index contributed by atoms with van der Waals surface area (Å²) in [6.07, 6.45) is 3.87. The number of ketones is 1. The standard InChI is InChI=1S/C21H28F3NO2/c1-19-9-7-13(25-18(27)21(22,23)24)11-12(19)3-4-14-15-5-6-17(26)20(15,2)10-8-16(14)19/h3,13-16H,4-11H2,1-2H3,(H,25,27)/t13-,14-,15-,16-,19-,20-/m0/s1. The lowest BCUT2D eigenvalue weighted by Gasteiger charge is -2.57. The summed E-state index contributed by atoms with van der Waals surface area (Å²) >= 11 is 0. The van der Waals surface area contributed by atoms with Crippen molar-refractivity contribution in [1.29, 1.82) is 0 Å². The van der Waals surface area contributed by atoms with Crippen LogP contribution >= 0.6 is 0 Å². The molecule has 0 saturated heterocycles. The van der Waals surface area contributed by atoms with E-state index in [-0.39, 0.29) is 10.8 Å². The number of fused-ring (bicyclic) bond motifs is 5. The molecule has 0 aromatic carbocycles. The van der Waals surface area contributed by atoms with Gasteiger partial charge in [0, 0.05) is 17.9 Å². The molecule has 0 heterocycles. The third kappa shape index (κ3) is 2.85. The smallest absolute Gasteiger partial charge is 0.345 e. The summed E-state index contributed by atoms with van der Waals surface area (Å²) in [5.41, 5.74) is 1.05. The van der Waals surface area contributed by atoms with Crippen LogP contribution in [0.4, 0.5) is 13.2 Å². The van der Waals surface area contributed by atoms with Crippen LogP contribution in [0.1, 0.15) is 65.2 Å². The number of allylic oxidation sites excluding steroid dienone is 1. The number of alkyl halides is 3. The highest BCUT2D eigenvalue weighted by Gasteiger charge is 2.58. The van der Waals surface area contributed by atoms with Gasteiger partial charge in [-0.15, -0.1) is 0 Å². The Kier molecular flexibility index (Phi) is 4.28. The van der Waals surface area contributed by atoms with E-state index in [1.807, 2.05) is 0 Å². The minimum Gasteiger partial charge on any atom is -0.345 e. The van der Waals surface area contributed by atoms with Gasteiger partial charge in [0.25, 0.3) is 0 Å². The zero-order chi connectivity index (χ0) is 19.6. The van der Waals surface area contributed by atoms with E-state index in [9.17, 15) is 22.8 Å². The Labute approximate surface area is 158 Å². The summed E-state index contributed by atoms with van der Waals surface area (Å²) in [4.78, 5) is 23.8. The van der Waals surface area contributed by atoms with Gasteiger partial charge in [0.15, 0.2) is 0 Å². The quantitative estimate of drug-likeness (QED) is 0.675. The molecule has 0 bridgehead atoms. The number of halogens is 3. The van der Waals surface area contributed by atoms with E-state index in [1.54, 1.807) is 0 Å². The molecule has 4 aliphatic carbocycles. The molecular weight excluding hydrogens is 355 g/mol. The maximum absolute atomic E-state index is 12.6. The predicted octanol–water partition coefficient (Wildman–Crippen LogP) is 4.57. The molecule has 0 unspecified atom stereocenters. The first-order valence-corrected chi connectivity index (χ1v) is 10.2. The molecule has 6 atom stereocenters. The summed E-state index contributed by atoms with van der Waals surface area (Å²) in [5, 5.41) is 2.18. The molecule has 150 valence electrons. The van der Waals surface area contributed by atoms with Crippen molar-refractivity contribution in [2.45, 2.75) is 77.4 Å². The molecular formula is C21H28F3NO2. The first kappa shape index (κ1) is 19.0. The average molecular weight is 383 g/mol. The third-order valence-corrected chi connectivity index (χ3v) is 8.41. The molecule has 6 heteroatoms. The van der Waals surface area contributed by atoms with Crippen LogP contribution in [0, 0.1) is 28.6 Å². The highest BCUT2D eigenvalue weighted by atomic mass is 19.4. The number of hydrogen-bond donors (Lipinski definition) is 1. The second kappa shape index (κ2) is 6.08. The molecule has 3 nitrogen and oxygen atoms in total. The molecule has 1 amide bonds. The molecule has 0 radical (unpaired) electrons. The molecule has 3 fully saturated rings. The van der Waals surface area contributed by atoms with E-state index >= 15 is 0 Å². The fraction of sp³-hybridized carbons (Fsp3) is 0.810. The van der Waals surface area contributed by atoms with Gasteiger partial charge in [0.2, 0.25) is 0 Å². The molecule has 0 aromatic heterocycles. The Morgan fingerprint density at radius 1 is 1.11 bits per heavy atom. The molecule has 0 aromatic rings. The SMILES string of the molecule is C[C@]12CC[C@H](NC(=O)C(F)(F)F)CC1=CC[C@@H]1[C@@H]2CC[C@]2(C)C(=O)CC[C@@H]12. The molecule has 27 heavy (non-hydrogen) atoms. The number of rotatable bonds is 1. The minimum atomic E-state index is -4.82. The Morgan fingerprint density at radius 3 is 2.48 bits per heavy atom. The van der Waals surface area contributed by atoms with Crippen molar-refractivity contribution in [2.75, 3.05) is 0 Å². The van der Waals surface area contributed by atoms with Gasteiger partial charge in [-0.3, -0.25) is 9.59 Å². The van der Waals surface area contributed by atoms with Crippen LogP contribution in [0.3, 0.4) is 0 Å². The maximum Gasteiger partial charge on any atom is 0.471 e. The highest BCUT2D eigenvalue weighted by molar-refractivity contribution is 5.87. The molecule has 0 spiro atoms. The number of Topliss-reactive ketones (excluding diaryl/α,β-unsaturated/α-hetero) is 1. The third-order valence-electron chi connectivity index (χ3n) is 8.41. The van der Waals surface area contributed by atoms with Crippen molar-refractivity contribution in [1.82, 2.24) is 5.32 Å². The van der Waals surface area contributed by atoms with E-state index < -0.39 is 18.1 Å². The van der Waals surface area contributed by atoms with Gasteiger partial charge < -0.3 is 5.32 Å². The van der Waals surface area contributed by atoms with E-state index in [4.69, 9.17) is 0 Å². The van der Waals surface area contributed by atoms with Gasteiger partial charge in [-0.25, -0.2) is 0 Å². The molecule has 1 N–H and O–H groups in total. The second-order valence-electron chi connectivity index (χ2n) is 9.59. The van der Waals surface area contributed by atoms with Crippen molar-refractivity contribution in [3.8, 4) is 0 Å². The first-order valence-electron chi connectivity index (χ1n) is 10.2. The van der Waals surface area contributed by atoms with Crippen LogP contribution in [0.15, 0.2) is 11.6 Å². The zero-order valence-corrected chi connectivity index (χ0v) is 16.0. The van der Waals surface area contributed by atoms with E-state index in [1.165, 1.54) is 5.57 Å². The first-order chi connectivity index (χ1) is 12.6. The largest absolute Gasteiger partial charge is 0.471 e. The molecule has 0 aliphatic heterocycles. The fourth-order valence-electron chi connectivity index (χ4n) is 6.82. The van der Waals surface area contributed by atoms with Crippen molar-refractivity contribution in [3.63, 3.8) is 0 Å². The Balaban J connectivity index is 1.53. The van der Waals surface area contributed by atoms with Gasteiger partial charge >= 0.3 is 12.1 Å². The lowest BCUT2D eigenvalue weighted by atomic mass is 9.48. The maximum atomic E-state index is 12.6. The summed E-state index contributed by atoms with van der Waals surface area (Å²) in [7, 11) is 0. The van der Waals surface area contributed by atoms with Crippen LogP contribution in [0.5, 0.6) is 0 Å². The summed E-state index contributed by atoms with van der Waals surface area (Å²) in [6, 6.07) is -0.433. The van der Waals surface area contributed by atoms with Crippen molar-refractivity contribution in [2.24, 2.45) is 28.6 Å². The Bertz CT molecular complexity index is 700. The molecule has 3 saturated carbocycles. The average Bonchev–Trinajstić information content (AvgIpc) is 2.89. The molecule has 4 rings (SSSR count). The van der Waals surface area contributed by atoms with Gasteiger partial charge in [-0.05, 0) is 68.1 Å². The van der Waals surface area contributed by atoms with Crippen molar-refractivity contribution >= 4 is 11.7 Å². The fourth-order valence-corrected chi connectivity index (χ4v) is 6.82. The van der Waals surface area contributed by atoms with E-state index in [0.29, 0.717) is 42.8 Å². The van der Waals surface area contributed by atoms with Crippen LogP contribution in [-0.4, -0.2) is 23.9 Å². The summed E-state index contributed by atoms with van der Waals surface area (Å²) in [5.74, 6) is 0.0415. The van der Waals surface area contributed by atoms with Crippen LogP contribution < -0.4 is 5.32 Å². The summed E-state index contributed by atoms with van der Waals surface area (Å²) < 4.78 is 37.7. The van der Waals surface area contributed by atoms with E-state index in [0.717, 1.165) is 32.1 Å². The monoisotopic (exact) mass is 383 g/mol. The van der Waals surface area contributed by atoms with Crippen LogP contribution in [0.25, 0.3) is 0 Å². The molecule has 4 aliphatic rings. The van der Waals surface area contributed by atoms with Crippen LogP contribution in [0.2, 0.25) is 0 Å². The van der Waals surface area contributed by atoms with Gasteiger partial charge in [0.1, 0.15) is 5.78 Å². The van der Waals surface area contributed by atoms with Crippen LogP contribution in [-0.2, 0) is 9.59 Å². The Morgan fingerprint density at radius 2 is 1.78 bits per heavy atom. The number of nitrogens with one attached hydrogen (secondary N) is 1. The van der Waals surface area contributed by atoms with Crippen molar-refractivity contribution < 1.29 is 22.8 Å². The normalized spacial score (nSPS) is 44.0. The van der Waals surface area contributed by atoms with Gasteiger partial charge in [-0.1, -0.05) is 25.5 Å². The minimum absolute atomic E-state index is 0.00462. The van der Waals surface area contributed by atoms with E-state index in [2.05, 4.69) is 25.2 Å². The number of hydrogen-bond acceptors (Lipinski definition) is 2. The Hall–Kier alpha value is -1.33. The zero-order valence-electron chi connectivity index (χ0n) is 16.0. The lowest BCUT2D eigenvalue weighted by Crippen LogP contribution is -2.52. The summed E-state index contributed by atoms with van der Waals surface area (Å²) in [6.45, 7) is 4.41. The number of amides is 1. The highest BCUT2D eigenvalue weighted by Crippen LogP contribution is 2.63.